The van der Waals surface area contributed by atoms with Crippen LogP contribution in [-0.4, -0.2) is 25.0 Å². The van der Waals surface area contributed by atoms with Crippen molar-refractivity contribution in [1.82, 2.24) is 5.32 Å². The predicted molar refractivity (Wildman–Crippen MR) is 69.8 cm³/mol. The highest BCUT2D eigenvalue weighted by Crippen LogP contribution is 2.49. The van der Waals surface area contributed by atoms with Gasteiger partial charge in [-0.1, -0.05) is 18.2 Å². The quantitative estimate of drug-likeness (QED) is 0.840. The summed E-state index contributed by atoms with van der Waals surface area (Å²) in [5, 5.41) is 2.27. The summed E-state index contributed by atoms with van der Waals surface area (Å²) < 4.78 is 5.08. The van der Waals surface area contributed by atoms with Gasteiger partial charge in [0.05, 0.1) is 12.3 Å². The van der Waals surface area contributed by atoms with Crippen molar-refractivity contribution in [2.45, 2.75) is 19.4 Å². The first-order valence-electron chi connectivity index (χ1n) is 6.37. The Hall–Kier alpha value is -2.21. The standard InChI is InChI=1S/C14H14N2O4/c1-20-8-9-4-2-3-5-10(9)16-12(18)14(6-7-14)11(17)15-13(16)19/h2-5H,6-8H2,1H3,(H,15,17,19). The number of benzene rings is 1. The van der Waals surface area contributed by atoms with Crippen LogP contribution in [0.3, 0.4) is 0 Å². The second-order valence-corrected chi connectivity index (χ2v) is 5.04. The highest BCUT2D eigenvalue weighted by molar-refractivity contribution is 6.31. The molecule has 1 aliphatic heterocycles. The Kier molecular flexibility index (Phi) is 2.83. The van der Waals surface area contributed by atoms with Crippen molar-refractivity contribution in [2.24, 2.45) is 5.41 Å². The SMILES string of the molecule is COCc1ccccc1N1C(=O)NC(=O)C2(CC2)C1=O. The number of ether oxygens (including phenoxy) is 1. The lowest BCUT2D eigenvalue weighted by Gasteiger charge is -2.31. The maximum absolute atomic E-state index is 12.5. The first-order valence-corrected chi connectivity index (χ1v) is 6.37. The van der Waals surface area contributed by atoms with Crippen molar-refractivity contribution >= 4 is 23.5 Å². The number of anilines is 1. The highest BCUT2D eigenvalue weighted by atomic mass is 16.5. The summed E-state index contributed by atoms with van der Waals surface area (Å²) in [6.07, 6.45) is 0.988. The summed E-state index contributed by atoms with van der Waals surface area (Å²) in [5.74, 6) is -0.914. The molecule has 6 heteroatoms. The maximum atomic E-state index is 12.5. The molecule has 1 N–H and O–H groups in total. The number of urea groups is 1. The number of carbonyl (C=O) groups is 3. The van der Waals surface area contributed by atoms with E-state index < -0.39 is 23.3 Å². The van der Waals surface area contributed by atoms with Crippen molar-refractivity contribution in [3.05, 3.63) is 29.8 Å². The second-order valence-electron chi connectivity index (χ2n) is 5.04. The van der Waals surface area contributed by atoms with Gasteiger partial charge in [-0.3, -0.25) is 14.9 Å². The number of hydrogen-bond acceptors (Lipinski definition) is 4. The van der Waals surface area contributed by atoms with E-state index in [1.165, 1.54) is 0 Å². The van der Waals surface area contributed by atoms with Crippen LogP contribution in [0, 0.1) is 5.41 Å². The van der Waals surface area contributed by atoms with Crippen LogP contribution in [0.5, 0.6) is 0 Å². The zero-order valence-electron chi connectivity index (χ0n) is 11.0. The van der Waals surface area contributed by atoms with Gasteiger partial charge in [0.2, 0.25) is 5.91 Å². The van der Waals surface area contributed by atoms with Crippen molar-refractivity contribution in [3.8, 4) is 0 Å². The average Bonchev–Trinajstić information content (AvgIpc) is 3.21. The molecule has 0 aromatic heterocycles. The maximum Gasteiger partial charge on any atom is 0.335 e. The fraction of sp³-hybridized carbons (Fsp3) is 0.357. The van der Waals surface area contributed by atoms with Crippen LogP contribution in [0.15, 0.2) is 24.3 Å². The number of para-hydroxylation sites is 1. The van der Waals surface area contributed by atoms with E-state index in [1.54, 1.807) is 25.3 Å². The van der Waals surface area contributed by atoms with E-state index in [2.05, 4.69) is 5.32 Å². The van der Waals surface area contributed by atoms with Crippen molar-refractivity contribution < 1.29 is 19.1 Å². The van der Waals surface area contributed by atoms with Crippen molar-refractivity contribution in [1.29, 1.82) is 0 Å². The second kappa shape index (κ2) is 4.42. The molecule has 1 aromatic carbocycles. The van der Waals surface area contributed by atoms with Gasteiger partial charge in [0.1, 0.15) is 5.41 Å². The van der Waals surface area contributed by atoms with Crippen LogP contribution >= 0.6 is 0 Å². The van der Waals surface area contributed by atoms with Gasteiger partial charge in [-0.2, -0.15) is 0 Å². The molecule has 2 fully saturated rings. The minimum Gasteiger partial charge on any atom is -0.380 e. The van der Waals surface area contributed by atoms with Crippen LogP contribution in [-0.2, 0) is 20.9 Å². The summed E-state index contributed by atoms with van der Waals surface area (Å²) in [6, 6.07) is 6.32. The third-order valence-electron chi connectivity index (χ3n) is 3.75. The van der Waals surface area contributed by atoms with Crippen LogP contribution < -0.4 is 10.2 Å². The van der Waals surface area contributed by atoms with Gasteiger partial charge in [0.15, 0.2) is 0 Å². The molecule has 1 aliphatic carbocycles. The zero-order chi connectivity index (χ0) is 14.3. The molecular formula is C14H14N2O4. The Morgan fingerprint density at radius 3 is 2.60 bits per heavy atom. The molecule has 20 heavy (non-hydrogen) atoms. The van der Waals surface area contributed by atoms with Crippen molar-refractivity contribution in [2.75, 3.05) is 12.0 Å². The largest absolute Gasteiger partial charge is 0.380 e. The third-order valence-corrected chi connectivity index (χ3v) is 3.75. The number of hydrogen-bond donors (Lipinski definition) is 1. The molecule has 1 saturated carbocycles. The van der Waals surface area contributed by atoms with Gasteiger partial charge in [-0.15, -0.1) is 0 Å². The molecule has 104 valence electrons. The Morgan fingerprint density at radius 2 is 1.95 bits per heavy atom. The van der Waals surface area contributed by atoms with E-state index in [-0.39, 0.29) is 6.61 Å². The summed E-state index contributed by atoms with van der Waals surface area (Å²) in [6.45, 7) is 0.286. The third kappa shape index (κ3) is 1.72. The van der Waals surface area contributed by atoms with Crippen LogP contribution in [0.2, 0.25) is 0 Å². The molecule has 4 amide bonds. The lowest BCUT2D eigenvalue weighted by molar-refractivity contribution is -0.136. The van der Waals surface area contributed by atoms with Gasteiger partial charge in [-0.25, -0.2) is 9.69 Å². The first kappa shape index (κ1) is 12.8. The number of barbiturate groups is 1. The van der Waals surface area contributed by atoms with E-state index in [0.717, 1.165) is 10.5 Å². The predicted octanol–water partition coefficient (Wildman–Crippen LogP) is 1.20. The lowest BCUT2D eigenvalue weighted by Crippen LogP contribution is -2.59. The normalized spacial score (nSPS) is 20.2. The molecule has 0 unspecified atom stereocenters. The molecular weight excluding hydrogens is 260 g/mol. The Balaban J connectivity index is 2.03. The van der Waals surface area contributed by atoms with Crippen molar-refractivity contribution in [3.63, 3.8) is 0 Å². The molecule has 0 bridgehead atoms. The Morgan fingerprint density at radius 1 is 1.25 bits per heavy atom. The molecule has 1 saturated heterocycles. The van der Waals surface area contributed by atoms with Crippen LogP contribution in [0.1, 0.15) is 18.4 Å². The van der Waals surface area contributed by atoms with Gasteiger partial charge in [0, 0.05) is 12.7 Å². The number of nitrogens with zero attached hydrogens (tertiary/aromatic N) is 1. The molecule has 1 aromatic rings. The molecule has 1 spiro atoms. The zero-order valence-corrected chi connectivity index (χ0v) is 11.0. The van der Waals surface area contributed by atoms with Crippen LogP contribution in [0.4, 0.5) is 10.5 Å². The highest BCUT2D eigenvalue weighted by Gasteiger charge is 2.62. The van der Waals surface area contributed by atoms with E-state index in [1.807, 2.05) is 6.07 Å². The monoisotopic (exact) mass is 274 g/mol. The van der Waals surface area contributed by atoms with Gasteiger partial charge in [-0.05, 0) is 18.9 Å². The number of amides is 4. The van der Waals surface area contributed by atoms with E-state index in [4.69, 9.17) is 4.74 Å². The minimum atomic E-state index is -1.03. The summed E-state index contributed by atoms with van der Waals surface area (Å²) in [5.41, 5.74) is 0.160. The topological polar surface area (TPSA) is 75.7 Å². The summed E-state index contributed by atoms with van der Waals surface area (Å²) in [4.78, 5) is 37.4. The molecule has 0 atom stereocenters. The molecule has 0 radical (unpaired) electrons. The fourth-order valence-electron chi connectivity index (χ4n) is 2.47. The molecule has 3 rings (SSSR count). The smallest absolute Gasteiger partial charge is 0.335 e. The first-order chi connectivity index (χ1) is 9.60. The van der Waals surface area contributed by atoms with E-state index in [0.29, 0.717) is 18.5 Å². The average molecular weight is 274 g/mol. The summed E-state index contributed by atoms with van der Waals surface area (Å²) in [7, 11) is 1.54. The number of imide groups is 2. The van der Waals surface area contributed by atoms with Crippen LogP contribution in [0.25, 0.3) is 0 Å². The number of methoxy groups -OCH3 is 1. The van der Waals surface area contributed by atoms with Gasteiger partial charge >= 0.3 is 6.03 Å². The molecule has 6 nitrogen and oxygen atoms in total. The Labute approximate surface area is 115 Å². The number of carbonyl (C=O) groups excluding carboxylic acids is 3. The summed E-state index contributed by atoms with van der Waals surface area (Å²) >= 11 is 0. The van der Waals surface area contributed by atoms with E-state index in [9.17, 15) is 14.4 Å². The number of nitrogens with one attached hydrogen (secondary N) is 1. The van der Waals surface area contributed by atoms with Gasteiger partial charge < -0.3 is 4.74 Å². The lowest BCUT2D eigenvalue weighted by atomic mass is 10.0. The molecule has 1 heterocycles. The number of rotatable bonds is 3. The van der Waals surface area contributed by atoms with Gasteiger partial charge in [0.25, 0.3) is 5.91 Å². The molecule has 2 aliphatic rings. The Bertz CT molecular complexity index is 607. The van der Waals surface area contributed by atoms with E-state index >= 15 is 0 Å². The fourth-order valence-corrected chi connectivity index (χ4v) is 2.47. The minimum absolute atomic E-state index is 0.286.